The molecule has 0 aliphatic heterocycles. The lowest BCUT2D eigenvalue weighted by molar-refractivity contribution is -0.145. The van der Waals surface area contributed by atoms with Crippen LogP contribution in [-0.4, -0.2) is 23.7 Å². The predicted molar refractivity (Wildman–Crippen MR) is 70.5 cm³/mol. The molecule has 0 heterocycles. The molecule has 0 saturated carbocycles. The minimum absolute atomic E-state index is 0.246. The number of ether oxygens (including phenoxy) is 1. The fraction of sp³-hybridized carbons (Fsp3) is 0.500. The molecular formula is C14H21NO3. The molecule has 0 aromatic heterocycles. The number of phenolic OH excluding ortho intramolecular Hbond substituents is 1. The second kappa shape index (κ2) is 6.40. The van der Waals surface area contributed by atoms with Crippen molar-refractivity contribution in [3.05, 3.63) is 28.8 Å². The highest BCUT2D eigenvalue weighted by Gasteiger charge is 2.13. The number of aromatic hydroxyl groups is 1. The van der Waals surface area contributed by atoms with E-state index in [1.54, 1.807) is 13.8 Å². The Morgan fingerprint density at radius 2 is 1.94 bits per heavy atom. The molecule has 100 valence electrons. The molecule has 1 aromatic carbocycles. The second-order valence-corrected chi connectivity index (χ2v) is 4.43. The van der Waals surface area contributed by atoms with Crippen LogP contribution in [0.3, 0.4) is 0 Å². The Balaban J connectivity index is 2.61. The monoisotopic (exact) mass is 251 g/mol. The highest BCUT2D eigenvalue weighted by atomic mass is 16.5. The smallest absolute Gasteiger partial charge is 0.322 e. The molecule has 0 bridgehead atoms. The molecule has 4 heteroatoms. The van der Waals surface area contributed by atoms with Gasteiger partial charge in [-0.3, -0.25) is 4.79 Å². The van der Waals surface area contributed by atoms with Crippen LogP contribution in [0.5, 0.6) is 5.75 Å². The summed E-state index contributed by atoms with van der Waals surface area (Å²) in [7, 11) is 0. The number of rotatable bonds is 5. The number of carbonyl (C=O) groups excluding carboxylic acids is 1. The summed E-state index contributed by atoms with van der Waals surface area (Å²) < 4.78 is 4.92. The summed E-state index contributed by atoms with van der Waals surface area (Å²) in [5.41, 5.74) is 2.73. The van der Waals surface area contributed by atoms with E-state index in [2.05, 4.69) is 5.32 Å². The Hall–Kier alpha value is -1.55. The molecule has 1 rings (SSSR count). The summed E-state index contributed by atoms with van der Waals surface area (Å²) >= 11 is 0. The van der Waals surface area contributed by atoms with E-state index in [-0.39, 0.29) is 12.0 Å². The van der Waals surface area contributed by atoms with E-state index in [4.69, 9.17) is 4.74 Å². The highest BCUT2D eigenvalue weighted by Crippen LogP contribution is 2.22. The van der Waals surface area contributed by atoms with E-state index in [1.165, 1.54) is 0 Å². The zero-order valence-corrected chi connectivity index (χ0v) is 11.4. The van der Waals surface area contributed by atoms with Gasteiger partial charge in [0.05, 0.1) is 6.61 Å². The first-order valence-corrected chi connectivity index (χ1v) is 6.14. The van der Waals surface area contributed by atoms with Gasteiger partial charge < -0.3 is 15.2 Å². The SMILES string of the molecule is CCOC(=O)C(C)NCc1cc(C)c(O)c(C)c1. The van der Waals surface area contributed by atoms with Crippen LogP contribution in [-0.2, 0) is 16.1 Å². The maximum Gasteiger partial charge on any atom is 0.322 e. The standard InChI is InChI=1S/C14H21NO3/c1-5-18-14(17)11(4)15-8-12-6-9(2)13(16)10(3)7-12/h6-7,11,15-16H,5,8H2,1-4H3. The van der Waals surface area contributed by atoms with Crippen LogP contribution in [0.1, 0.15) is 30.5 Å². The first-order chi connectivity index (χ1) is 8.45. The lowest BCUT2D eigenvalue weighted by Crippen LogP contribution is -2.34. The minimum Gasteiger partial charge on any atom is -0.507 e. The summed E-state index contributed by atoms with van der Waals surface area (Å²) in [5, 5.41) is 12.8. The molecule has 0 aliphatic rings. The molecule has 0 saturated heterocycles. The number of nitrogens with one attached hydrogen (secondary N) is 1. The largest absolute Gasteiger partial charge is 0.507 e. The van der Waals surface area contributed by atoms with Gasteiger partial charge in [0.2, 0.25) is 0 Å². The van der Waals surface area contributed by atoms with Crippen molar-refractivity contribution in [3.63, 3.8) is 0 Å². The van der Waals surface area contributed by atoms with Crippen LogP contribution in [0, 0.1) is 13.8 Å². The molecule has 0 fully saturated rings. The Morgan fingerprint density at radius 3 is 2.44 bits per heavy atom. The van der Waals surface area contributed by atoms with Crippen molar-refractivity contribution < 1.29 is 14.6 Å². The van der Waals surface area contributed by atoms with E-state index < -0.39 is 0 Å². The first kappa shape index (κ1) is 14.5. The summed E-state index contributed by atoms with van der Waals surface area (Å²) in [6.45, 7) is 8.25. The average molecular weight is 251 g/mol. The van der Waals surface area contributed by atoms with Gasteiger partial charge in [0, 0.05) is 6.54 Å². The van der Waals surface area contributed by atoms with Crippen molar-refractivity contribution in [1.29, 1.82) is 0 Å². The van der Waals surface area contributed by atoms with Crippen LogP contribution in [0.15, 0.2) is 12.1 Å². The minimum atomic E-state index is -0.334. The lowest BCUT2D eigenvalue weighted by Gasteiger charge is -2.13. The number of aryl methyl sites for hydroxylation is 2. The fourth-order valence-electron chi connectivity index (χ4n) is 1.77. The maximum absolute atomic E-state index is 11.4. The van der Waals surface area contributed by atoms with E-state index in [9.17, 15) is 9.90 Å². The Kier molecular flexibility index (Phi) is 5.16. The van der Waals surface area contributed by atoms with E-state index in [1.807, 2.05) is 26.0 Å². The Labute approximate surface area is 108 Å². The van der Waals surface area contributed by atoms with Crippen molar-refractivity contribution in [2.45, 2.75) is 40.3 Å². The third kappa shape index (κ3) is 3.74. The molecule has 4 nitrogen and oxygen atoms in total. The number of esters is 1. The third-order valence-corrected chi connectivity index (χ3v) is 2.80. The van der Waals surface area contributed by atoms with E-state index >= 15 is 0 Å². The Morgan fingerprint density at radius 1 is 1.39 bits per heavy atom. The quantitative estimate of drug-likeness (QED) is 0.786. The third-order valence-electron chi connectivity index (χ3n) is 2.80. The molecule has 0 aliphatic carbocycles. The van der Waals surface area contributed by atoms with Crippen molar-refractivity contribution in [2.24, 2.45) is 0 Å². The topological polar surface area (TPSA) is 58.6 Å². The van der Waals surface area contributed by atoms with Crippen molar-refractivity contribution >= 4 is 5.97 Å². The highest BCUT2D eigenvalue weighted by molar-refractivity contribution is 5.75. The lowest BCUT2D eigenvalue weighted by atomic mass is 10.1. The van der Waals surface area contributed by atoms with Gasteiger partial charge >= 0.3 is 5.97 Å². The molecule has 18 heavy (non-hydrogen) atoms. The number of hydrogen-bond donors (Lipinski definition) is 2. The van der Waals surface area contributed by atoms with Crippen molar-refractivity contribution in [1.82, 2.24) is 5.32 Å². The molecular weight excluding hydrogens is 230 g/mol. The number of phenols is 1. The fourth-order valence-corrected chi connectivity index (χ4v) is 1.77. The van der Waals surface area contributed by atoms with Crippen LogP contribution < -0.4 is 5.32 Å². The molecule has 1 aromatic rings. The maximum atomic E-state index is 11.4. The summed E-state index contributed by atoms with van der Waals surface area (Å²) in [5.74, 6) is 0.0851. The summed E-state index contributed by atoms with van der Waals surface area (Å²) in [6, 6.07) is 3.49. The van der Waals surface area contributed by atoms with Gasteiger partial charge in [0.15, 0.2) is 0 Å². The number of benzene rings is 1. The molecule has 2 N–H and O–H groups in total. The van der Waals surface area contributed by atoms with E-state index in [0.717, 1.165) is 16.7 Å². The van der Waals surface area contributed by atoms with Gasteiger partial charge in [-0.25, -0.2) is 0 Å². The van der Waals surface area contributed by atoms with Crippen LogP contribution in [0.25, 0.3) is 0 Å². The predicted octanol–water partition coefficient (Wildman–Crippen LogP) is 2.05. The van der Waals surface area contributed by atoms with Crippen LogP contribution in [0.2, 0.25) is 0 Å². The molecule has 1 atom stereocenters. The molecule has 0 amide bonds. The second-order valence-electron chi connectivity index (χ2n) is 4.43. The van der Waals surface area contributed by atoms with Crippen molar-refractivity contribution in [3.8, 4) is 5.75 Å². The van der Waals surface area contributed by atoms with Gasteiger partial charge in [0.1, 0.15) is 11.8 Å². The Bertz CT molecular complexity index is 406. The van der Waals surface area contributed by atoms with Crippen molar-refractivity contribution in [2.75, 3.05) is 6.61 Å². The zero-order valence-electron chi connectivity index (χ0n) is 11.4. The normalized spacial score (nSPS) is 12.2. The average Bonchev–Trinajstić information content (AvgIpc) is 2.33. The summed E-state index contributed by atoms with van der Waals surface area (Å²) in [6.07, 6.45) is 0. The first-order valence-electron chi connectivity index (χ1n) is 6.14. The summed E-state index contributed by atoms with van der Waals surface area (Å²) in [4.78, 5) is 11.4. The van der Waals surface area contributed by atoms with E-state index in [0.29, 0.717) is 18.9 Å². The van der Waals surface area contributed by atoms with Gasteiger partial charge in [-0.05, 0) is 44.4 Å². The molecule has 1 unspecified atom stereocenters. The number of hydrogen-bond acceptors (Lipinski definition) is 4. The zero-order chi connectivity index (χ0) is 13.7. The van der Waals surface area contributed by atoms with Crippen LogP contribution in [0.4, 0.5) is 0 Å². The van der Waals surface area contributed by atoms with Gasteiger partial charge in [-0.2, -0.15) is 0 Å². The molecule has 0 radical (unpaired) electrons. The molecule has 0 spiro atoms. The van der Waals surface area contributed by atoms with Gasteiger partial charge in [-0.1, -0.05) is 12.1 Å². The van der Waals surface area contributed by atoms with Gasteiger partial charge in [0.25, 0.3) is 0 Å². The van der Waals surface area contributed by atoms with Crippen LogP contribution >= 0.6 is 0 Å². The van der Waals surface area contributed by atoms with Gasteiger partial charge in [-0.15, -0.1) is 0 Å². The number of carbonyl (C=O) groups is 1.